The molecule has 0 saturated carbocycles. The van der Waals surface area contributed by atoms with Gasteiger partial charge in [0.25, 0.3) is 0 Å². The molecule has 2 aliphatic heterocycles. The second-order valence-electron chi connectivity index (χ2n) is 7.14. The summed E-state index contributed by atoms with van der Waals surface area (Å²) < 4.78 is 5.15. The maximum absolute atomic E-state index is 11.8. The van der Waals surface area contributed by atoms with Crippen LogP contribution in [0.4, 0.5) is 4.79 Å². The molecule has 6 heteroatoms. The number of amides is 1. The minimum Gasteiger partial charge on any atom is -0.447 e. The zero-order valence-electron chi connectivity index (χ0n) is 14.6. The Morgan fingerprint density at radius 3 is 2.79 bits per heavy atom. The number of allylic oxidation sites excluding steroid dienone is 1. The van der Waals surface area contributed by atoms with Crippen LogP contribution in [0.2, 0.25) is 0 Å². The van der Waals surface area contributed by atoms with Gasteiger partial charge in [0.1, 0.15) is 6.61 Å². The summed E-state index contributed by atoms with van der Waals surface area (Å²) in [6.07, 6.45) is 10.5. The Kier molecular flexibility index (Phi) is 5.98. The topological polar surface area (TPSA) is 44.8 Å². The van der Waals surface area contributed by atoms with Crippen molar-refractivity contribution in [3.8, 4) is 0 Å². The predicted octanol–water partition coefficient (Wildman–Crippen LogP) is 3.06. The molecule has 1 N–H and O–H groups in total. The Labute approximate surface area is 150 Å². The highest BCUT2D eigenvalue weighted by atomic mass is 32.1. The molecule has 2 heterocycles. The van der Waals surface area contributed by atoms with Crippen molar-refractivity contribution in [1.82, 2.24) is 15.1 Å². The first-order valence-electron chi connectivity index (χ1n) is 9.31. The van der Waals surface area contributed by atoms with Crippen molar-refractivity contribution in [2.45, 2.75) is 64.0 Å². The van der Waals surface area contributed by atoms with Crippen molar-refractivity contribution in [3.63, 3.8) is 0 Å². The van der Waals surface area contributed by atoms with Crippen LogP contribution in [0.25, 0.3) is 0 Å². The van der Waals surface area contributed by atoms with Crippen LogP contribution in [0.15, 0.2) is 11.6 Å². The quantitative estimate of drug-likeness (QED) is 0.623. The van der Waals surface area contributed by atoms with E-state index in [2.05, 4.69) is 23.2 Å². The third kappa shape index (κ3) is 4.21. The van der Waals surface area contributed by atoms with Gasteiger partial charge in [-0.3, -0.25) is 4.90 Å². The predicted molar refractivity (Wildman–Crippen MR) is 99.0 cm³/mol. The fraction of sp³-hybridized carbons (Fsp3) is 0.778. The Morgan fingerprint density at radius 2 is 2.17 bits per heavy atom. The van der Waals surface area contributed by atoms with Crippen LogP contribution < -0.4 is 5.32 Å². The van der Waals surface area contributed by atoms with Crippen LogP contribution in [-0.4, -0.2) is 59.3 Å². The zero-order valence-corrected chi connectivity index (χ0v) is 15.4. The highest BCUT2D eigenvalue weighted by Crippen LogP contribution is 2.24. The molecule has 0 aromatic carbocycles. The van der Waals surface area contributed by atoms with E-state index in [4.69, 9.17) is 17.0 Å². The molecular formula is C18H29N3O2S. The summed E-state index contributed by atoms with van der Waals surface area (Å²) in [5.74, 6) is 0. The van der Waals surface area contributed by atoms with E-state index in [-0.39, 0.29) is 12.1 Å². The van der Waals surface area contributed by atoms with E-state index in [0.717, 1.165) is 44.0 Å². The van der Waals surface area contributed by atoms with Crippen LogP contribution in [0.1, 0.15) is 51.9 Å². The maximum Gasteiger partial charge on any atom is 0.410 e. The number of nitrogens with zero attached hydrogens (tertiary/aromatic N) is 2. The molecule has 0 aromatic rings. The SMILES string of the molecule is CC1COC(=O)N1C1CCN(C(=S)NCCC2=CCCCC2)CC1. The molecule has 2 saturated heterocycles. The lowest BCUT2D eigenvalue weighted by molar-refractivity contribution is 0.125. The minimum atomic E-state index is -0.151. The minimum absolute atomic E-state index is 0.151. The summed E-state index contributed by atoms with van der Waals surface area (Å²) in [7, 11) is 0. The van der Waals surface area contributed by atoms with E-state index < -0.39 is 0 Å². The lowest BCUT2D eigenvalue weighted by atomic mass is 9.97. The number of hydrogen-bond donors (Lipinski definition) is 1. The molecule has 1 aliphatic carbocycles. The molecule has 134 valence electrons. The number of likely N-dealkylation sites (tertiary alicyclic amines) is 1. The molecule has 3 rings (SSSR count). The Balaban J connectivity index is 1.38. The molecule has 1 unspecified atom stereocenters. The van der Waals surface area contributed by atoms with Crippen molar-refractivity contribution in [1.29, 1.82) is 0 Å². The molecule has 0 spiro atoms. The van der Waals surface area contributed by atoms with Gasteiger partial charge >= 0.3 is 6.09 Å². The first-order chi connectivity index (χ1) is 11.6. The van der Waals surface area contributed by atoms with Gasteiger partial charge in [-0.2, -0.15) is 0 Å². The molecular weight excluding hydrogens is 322 g/mol. The van der Waals surface area contributed by atoms with Gasteiger partial charge in [0.15, 0.2) is 5.11 Å². The standard InChI is InChI=1S/C18H29N3O2S/c1-14-13-23-18(22)21(14)16-8-11-20(12-9-16)17(24)19-10-7-15-5-3-2-4-6-15/h5,14,16H,2-4,6-13H2,1H3,(H,19,24). The fourth-order valence-corrected chi connectivity index (χ4v) is 4.24. The van der Waals surface area contributed by atoms with Gasteiger partial charge in [-0.1, -0.05) is 11.6 Å². The van der Waals surface area contributed by atoms with Crippen molar-refractivity contribution in [2.24, 2.45) is 0 Å². The van der Waals surface area contributed by atoms with E-state index in [1.807, 2.05) is 4.90 Å². The molecule has 24 heavy (non-hydrogen) atoms. The fourth-order valence-electron chi connectivity index (χ4n) is 3.96. The monoisotopic (exact) mass is 351 g/mol. The third-order valence-electron chi connectivity index (χ3n) is 5.39. The van der Waals surface area contributed by atoms with E-state index in [9.17, 15) is 4.79 Å². The number of rotatable bonds is 4. The molecule has 1 atom stereocenters. The summed E-state index contributed by atoms with van der Waals surface area (Å²) in [6.45, 7) is 5.34. The van der Waals surface area contributed by atoms with E-state index in [1.54, 1.807) is 5.57 Å². The Morgan fingerprint density at radius 1 is 1.38 bits per heavy atom. The number of nitrogens with one attached hydrogen (secondary N) is 1. The lowest BCUT2D eigenvalue weighted by Crippen LogP contribution is -2.51. The number of piperidine rings is 1. The summed E-state index contributed by atoms with van der Waals surface area (Å²) in [5.41, 5.74) is 1.58. The number of carbonyl (C=O) groups excluding carboxylic acids is 1. The number of ether oxygens (including phenoxy) is 1. The van der Waals surface area contributed by atoms with Crippen LogP contribution in [0, 0.1) is 0 Å². The van der Waals surface area contributed by atoms with Crippen LogP contribution >= 0.6 is 12.2 Å². The van der Waals surface area contributed by atoms with Gasteiger partial charge in [0.05, 0.1) is 6.04 Å². The van der Waals surface area contributed by atoms with Crippen LogP contribution in [0.3, 0.4) is 0 Å². The molecule has 3 aliphatic rings. The van der Waals surface area contributed by atoms with Crippen LogP contribution in [0.5, 0.6) is 0 Å². The number of carbonyl (C=O) groups is 1. The van der Waals surface area contributed by atoms with Crippen LogP contribution in [-0.2, 0) is 4.74 Å². The molecule has 1 amide bonds. The first-order valence-corrected chi connectivity index (χ1v) is 9.72. The van der Waals surface area contributed by atoms with Gasteiger partial charge in [-0.05, 0) is 64.1 Å². The number of thiocarbonyl (C=S) groups is 1. The first kappa shape index (κ1) is 17.5. The largest absolute Gasteiger partial charge is 0.447 e. The molecule has 0 aromatic heterocycles. The van der Waals surface area contributed by atoms with Gasteiger partial charge < -0.3 is 15.0 Å². The van der Waals surface area contributed by atoms with Gasteiger partial charge in [0, 0.05) is 25.7 Å². The van der Waals surface area contributed by atoms with Crippen molar-refractivity contribution >= 4 is 23.4 Å². The van der Waals surface area contributed by atoms with Gasteiger partial charge in [0.2, 0.25) is 0 Å². The lowest BCUT2D eigenvalue weighted by Gasteiger charge is -2.38. The summed E-state index contributed by atoms with van der Waals surface area (Å²) in [5, 5.41) is 4.28. The van der Waals surface area contributed by atoms with Gasteiger partial charge in [-0.15, -0.1) is 0 Å². The second kappa shape index (κ2) is 8.19. The van der Waals surface area contributed by atoms with Crippen molar-refractivity contribution in [2.75, 3.05) is 26.2 Å². The second-order valence-corrected chi connectivity index (χ2v) is 7.53. The normalized spacial score (nSPS) is 25.5. The average molecular weight is 352 g/mol. The van der Waals surface area contributed by atoms with E-state index >= 15 is 0 Å². The van der Waals surface area contributed by atoms with Crippen molar-refractivity contribution in [3.05, 3.63) is 11.6 Å². The maximum atomic E-state index is 11.8. The summed E-state index contributed by atoms with van der Waals surface area (Å²) in [6, 6.07) is 0.490. The average Bonchev–Trinajstić information content (AvgIpc) is 2.94. The third-order valence-corrected chi connectivity index (χ3v) is 5.79. The molecule has 0 bridgehead atoms. The molecule has 0 radical (unpaired) electrons. The molecule has 5 nitrogen and oxygen atoms in total. The Bertz CT molecular complexity index is 500. The highest BCUT2D eigenvalue weighted by Gasteiger charge is 2.37. The number of hydrogen-bond acceptors (Lipinski definition) is 3. The van der Waals surface area contributed by atoms with E-state index in [0.29, 0.717) is 12.6 Å². The summed E-state index contributed by atoms with van der Waals surface area (Å²) in [4.78, 5) is 16.0. The van der Waals surface area contributed by atoms with Crippen molar-refractivity contribution < 1.29 is 9.53 Å². The highest BCUT2D eigenvalue weighted by molar-refractivity contribution is 7.80. The smallest absolute Gasteiger partial charge is 0.410 e. The Hall–Kier alpha value is -1.30. The molecule has 2 fully saturated rings. The summed E-state index contributed by atoms with van der Waals surface area (Å²) >= 11 is 5.55. The number of cyclic esters (lactones) is 1. The van der Waals surface area contributed by atoms with Gasteiger partial charge in [-0.25, -0.2) is 4.79 Å². The van der Waals surface area contributed by atoms with E-state index in [1.165, 1.54) is 25.7 Å². The zero-order chi connectivity index (χ0) is 16.9.